The van der Waals surface area contributed by atoms with Crippen LogP contribution in [-0.2, 0) is 9.63 Å². The van der Waals surface area contributed by atoms with Gasteiger partial charge in [-0.15, -0.1) is 0 Å². The molecule has 0 radical (unpaired) electrons. The highest BCUT2D eigenvalue weighted by Crippen LogP contribution is 2.24. The van der Waals surface area contributed by atoms with Gasteiger partial charge >= 0.3 is 6.03 Å². The van der Waals surface area contributed by atoms with Gasteiger partial charge in [0.2, 0.25) is 0 Å². The first-order valence-corrected chi connectivity index (χ1v) is 4.37. The third-order valence-electron chi connectivity index (χ3n) is 2.41. The fourth-order valence-corrected chi connectivity index (χ4v) is 1.63. The van der Waals surface area contributed by atoms with Gasteiger partial charge in [-0.1, -0.05) is 5.16 Å². The molecule has 0 aromatic heterocycles. The molecule has 0 saturated carbocycles. The van der Waals surface area contributed by atoms with Crippen LogP contribution in [0.15, 0.2) is 17.4 Å². The third kappa shape index (κ3) is 1.51. The summed E-state index contributed by atoms with van der Waals surface area (Å²) in [5, 5.41) is 3.59. The maximum atomic E-state index is 11.0. The molecule has 2 aliphatic heterocycles. The Labute approximate surface area is 85.3 Å². The van der Waals surface area contributed by atoms with E-state index in [2.05, 4.69) is 5.16 Å². The van der Waals surface area contributed by atoms with Gasteiger partial charge < -0.3 is 21.2 Å². The van der Waals surface area contributed by atoms with Gasteiger partial charge in [0.1, 0.15) is 0 Å². The average molecular weight is 210 g/mol. The van der Waals surface area contributed by atoms with Crippen molar-refractivity contribution in [2.75, 3.05) is 6.54 Å². The molecule has 2 aliphatic rings. The number of urea groups is 1. The highest BCUT2D eigenvalue weighted by molar-refractivity contribution is 6.39. The first-order valence-electron chi connectivity index (χ1n) is 4.37. The Kier molecular flexibility index (Phi) is 2.07. The van der Waals surface area contributed by atoms with Crippen LogP contribution in [0.2, 0.25) is 0 Å². The number of fused-ring (bicyclic) bond motifs is 1. The van der Waals surface area contributed by atoms with Crippen molar-refractivity contribution in [1.29, 1.82) is 0 Å². The Morgan fingerprint density at radius 1 is 1.53 bits per heavy atom. The number of nitrogens with two attached hydrogens (primary N) is 2. The molecule has 15 heavy (non-hydrogen) atoms. The molecule has 2 heterocycles. The fraction of sp³-hybridized carbons (Fsp3) is 0.375. The summed E-state index contributed by atoms with van der Waals surface area (Å²) in [7, 11) is 0. The molecule has 4 N–H and O–H groups in total. The van der Waals surface area contributed by atoms with Gasteiger partial charge in [-0.25, -0.2) is 4.79 Å². The van der Waals surface area contributed by atoms with E-state index < -0.39 is 11.9 Å². The van der Waals surface area contributed by atoms with Crippen LogP contribution in [-0.4, -0.2) is 35.2 Å². The van der Waals surface area contributed by atoms with E-state index in [1.807, 2.05) is 0 Å². The van der Waals surface area contributed by atoms with E-state index in [0.717, 1.165) is 0 Å². The lowest BCUT2D eigenvalue weighted by molar-refractivity contribution is -0.112. The smallest absolute Gasteiger partial charge is 0.318 e. The second kappa shape index (κ2) is 3.26. The van der Waals surface area contributed by atoms with Gasteiger partial charge in [-0.2, -0.15) is 0 Å². The molecule has 0 aliphatic carbocycles. The Morgan fingerprint density at radius 2 is 2.27 bits per heavy atom. The number of hydrogen-bond acceptors (Lipinski definition) is 4. The normalized spacial score (nSPS) is 28.0. The van der Waals surface area contributed by atoms with Crippen molar-refractivity contribution >= 4 is 17.6 Å². The van der Waals surface area contributed by atoms with Gasteiger partial charge in [0.25, 0.3) is 5.91 Å². The molecule has 0 aromatic rings. The summed E-state index contributed by atoms with van der Waals surface area (Å²) in [4.78, 5) is 28.2. The zero-order valence-corrected chi connectivity index (χ0v) is 7.79. The zero-order valence-electron chi connectivity index (χ0n) is 7.79. The molecular weight excluding hydrogens is 200 g/mol. The number of oxime groups is 1. The first-order chi connectivity index (χ1) is 7.09. The molecule has 0 bridgehead atoms. The Hall–Kier alpha value is -2.05. The summed E-state index contributed by atoms with van der Waals surface area (Å²) in [6.45, 7) is 0.262. The van der Waals surface area contributed by atoms with Crippen LogP contribution in [0, 0.1) is 5.92 Å². The maximum absolute atomic E-state index is 11.0. The molecule has 80 valence electrons. The number of carbonyl (C=O) groups excluding carboxylic acids is 2. The monoisotopic (exact) mass is 210 g/mol. The van der Waals surface area contributed by atoms with Gasteiger partial charge in [0.15, 0.2) is 11.8 Å². The highest BCUT2D eigenvalue weighted by Gasteiger charge is 2.39. The number of nitrogens with zero attached hydrogens (tertiary/aromatic N) is 2. The van der Waals surface area contributed by atoms with Crippen LogP contribution in [0.5, 0.6) is 0 Å². The number of rotatable bonds is 1. The largest absolute Gasteiger partial charge is 0.387 e. The lowest BCUT2D eigenvalue weighted by Gasteiger charge is -2.26. The van der Waals surface area contributed by atoms with Crippen molar-refractivity contribution in [3.05, 3.63) is 12.3 Å². The van der Waals surface area contributed by atoms with Crippen molar-refractivity contribution in [1.82, 2.24) is 4.90 Å². The van der Waals surface area contributed by atoms with E-state index in [0.29, 0.717) is 0 Å². The second-order valence-electron chi connectivity index (χ2n) is 3.35. The highest BCUT2D eigenvalue weighted by atomic mass is 16.6. The molecule has 2 rings (SSSR count). The number of carbonyl (C=O) groups is 2. The van der Waals surface area contributed by atoms with Crippen molar-refractivity contribution in [2.24, 2.45) is 22.5 Å². The summed E-state index contributed by atoms with van der Waals surface area (Å²) < 4.78 is 0. The molecule has 7 nitrogen and oxygen atoms in total. The van der Waals surface area contributed by atoms with E-state index >= 15 is 0 Å². The van der Waals surface area contributed by atoms with E-state index in [-0.39, 0.29) is 24.3 Å². The summed E-state index contributed by atoms with van der Waals surface area (Å²) >= 11 is 0. The van der Waals surface area contributed by atoms with Crippen LogP contribution in [0.4, 0.5) is 4.79 Å². The first kappa shape index (κ1) is 9.50. The number of hydrogen-bond donors (Lipinski definition) is 2. The summed E-state index contributed by atoms with van der Waals surface area (Å²) in [6, 6.07) is -0.583. The molecule has 0 fully saturated rings. The van der Waals surface area contributed by atoms with Crippen molar-refractivity contribution < 1.29 is 14.4 Å². The predicted molar refractivity (Wildman–Crippen MR) is 50.4 cm³/mol. The molecule has 2 unspecified atom stereocenters. The predicted octanol–water partition coefficient (Wildman–Crippen LogP) is -1.25. The molecule has 0 spiro atoms. The Bertz CT molecular complexity index is 376. The van der Waals surface area contributed by atoms with E-state index in [4.69, 9.17) is 16.3 Å². The molecule has 2 atom stereocenters. The quantitative estimate of drug-likeness (QED) is 0.564. The lowest BCUT2D eigenvalue weighted by Crippen LogP contribution is -2.45. The maximum Gasteiger partial charge on any atom is 0.318 e. The zero-order chi connectivity index (χ0) is 11.0. The minimum atomic E-state index is -0.637. The van der Waals surface area contributed by atoms with Crippen LogP contribution >= 0.6 is 0 Å². The number of amides is 3. The molecule has 7 heteroatoms. The van der Waals surface area contributed by atoms with Crippen LogP contribution in [0.1, 0.15) is 0 Å². The van der Waals surface area contributed by atoms with E-state index in [1.165, 1.54) is 11.1 Å². The van der Waals surface area contributed by atoms with Crippen LogP contribution in [0.3, 0.4) is 0 Å². The van der Waals surface area contributed by atoms with Crippen LogP contribution < -0.4 is 11.5 Å². The van der Waals surface area contributed by atoms with Gasteiger partial charge in [-0.05, 0) is 6.08 Å². The summed E-state index contributed by atoms with van der Waals surface area (Å²) in [5.74, 6) is -0.956. The van der Waals surface area contributed by atoms with Crippen molar-refractivity contribution in [3.63, 3.8) is 0 Å². The van der Waals surface area contributed by atoms with Gasteiger partial charge in [0.05, 0.1) is 5.92 Å². The lowest BCUT2D eigenvalue weighted by atomic mass is 9.94. The second-order valence-corrected chi connectivity index (χ2v) is 3.35. The minimum Gasteiger partial charge on any atom is -0.387 e. The molecule has 0 saturated heterocycles. The third-order valence-corrected chi connectivity index (χ3v) is 2.41. The number of primary amides is 2. The Morgan fingerprint density at radius 3 is 2.87 bits per heavy atom. The standard InChI is InChI=1S/C8H10N4O3/c9-7(13)6-4-3-12(8(10)14)2-1-5(4)15-11-6/h1-2,4-5H,3H2,(H2,9,13)(H2,10,14). The minimum absolute atomic E-state index is 0.149. The van der Waals surface area contributed by atoms with Gasteiger partial charge in [0, 0.05) is 12.7 Å². The van der Waals surface area contributed by atoms with Crippen LogP contribution in [0.25, 0.3) is 0 Å². The molecule has 0 aromatic carbocycles. The van der Waals surface area contributed by atoms with E-state index in [9.17, 15) is 9.59 Å². The van der Waals surface area contributed by atoms with Crippen molar-refractivity contribution in [3.8, 4) is 0 Å². The summed E-state index contributed by atoms with van der Waals surface area (Å²) in [5.41, 5.74) is 10.4. The fourth-order valence-electron chi connectivity index (χ4n) is 1.63. The Balaban J connectivity index is 2.19. The van der Waals surface area contributed by atoms with E-state index in [1.54, 1.807) is 6.08 Å². The molecular formula is C8H10N4O3. The average Bonchev–Trinajstić information content (AvgIpc) is 2.59. The molecule has 3 amide bonds. The van der Waals surface area contributed by atoms with Crippen molar-refractivity contribution in [2.45, 2.75) is 6.10 Å². The SMILES string of the molecule is NC(=O)C1=NOC2C=CN(C(N)=O)CC12. The summed E-state index contributed by atoms with van der Waals surface area (Å²) in [6.07, 6.45) is 2.81. The topological polar surface area (TPSA) is 111 Å². The van der Waals surface area contributed by atoms with Gasteiger partial charge in [-0.3, -0.25) is 4.79 Å².